The summed E-state index contributed by atoms with van der Waals surface area (Å²) in [6, 6.07) is 1.40. The van der Waals surface area contributed by atoms with Crippen molar-refractivity contribution in [2.24, 2.45) is 0 Å². The molecule has 0 radical (unpaired) electrons. The normalized spacial score (nSPS) is 18.4. The van der Waals surface area contributed by atoms with Gasteiger partial charge in [-0.3, -0.25) is 9.48 Å². The van der Waals surface area contributed by atoms with Gasteiger partial charge in [-0.1, -0.05) is 0 Å². The summed E-state index contributed by atoms with van der Waals surface area (Å²) >= 11 is 0. The predicted molar refractivity (Wildman–Crippen MR) is 126 cm³/mol. The minimum Gasteiger partial charge on any atom is -0.376 e. The Hall–Kier alpha value is -3.67. The van der Waals surface area contributed by atoms with E-state index in [2.05, 4.69) is 25.7 Å². The standard InChI is InChI=1S/C24H26F3N7O2/c1-13-19-21(33(2)20(22(35)31-19)24(36-3)5-4-6-24)32-23(30-13)28-9-15-10-29-34(12-15)11-14-7-16(25)18(27)17(26)8-14/h7-8,10,12,20H,4-6,9,11H2,1-3H3,(H,31,35)(H,28,30,32). The maximum Gasteiger partial charge on any atom is 0.250 e. The predicted octanol–water partition coefficient (Wildman–Crippen LogP) is 3.39. The molecule has 0 bridgehead atoms. The molecule has 12 heteroatoms. The van der Waals surface area contributed by atoms with Crippen molar-refractivity contribution in [2.75, 3.05) is 29.7 Å². The number of benzene rings is 1. The molecule has 1 aliphatic carbocycles. The van der Waals surface area contributed by atoms with Crippen molar-refractivity contribution in [3.05, 3.63) is 58.8 Å². The summed E-state index contributed by atoms with van der Waals surface area (Å²) in [5.74, 6) is -3.12. The fraction of sp³-hybridized carbons (Fsp3) is 0.417. The van der Waals surface area contributed by atoms with Crippen LogP contribution in [0.15, 0.2) is 24.5 Å². The first-order valence-electron chi connectivity index (χ1n) is 11.6. The third-order valence-electron chi connectivity index (χ3n) is 6.92. The maximum atomic E-state index is 13.5. The van der Waals surface area contributed by atoms with Crippen LogP contribution in [0.25, 0.3) is 0 Å². The fourth-order valence-electron chi connectivity index (χ4n) is 4.89. The molecule has 190 valence electrons. The van der Waals surface area contributed by atoms with Crippen molar-refractivity contribution < 1.29 is 22.7 Å². The summed E-state index contributed by atoms with van der Waals surface area (Å²) in [6.07, 6.45) is 5.93. The molecular formula is C24H26F3N7O2. The van der Waals surface area contributed by atoms with Crippen LogP contribution in [0.5, 0.6) is 0 Å². The second kappa shape index (κ2) is 9.08. The Morgan fingerprint density at radius 3 is 2.56 bits per heavy atom. The number of aryl methyl sites for hydroxylation is 1. The first-order valence-corrected chi connectivity index (χ1v) is 11.6. The summed E-state index contributed by atoms with van der Waals surface area (Å²) < 4.78 is 47.4. The van der Waals surface area contributed by atoms with E-state index in [-0.39, 0.29) is 18.0 Å². The highest BCUT2D eigenvalue weighted by Gasteiger charge is 2.52. The van der Waals surface area contributed by atoms with Crippen LogP contribution in [0.4, 0.5) is 30.6 Å². The summed E-state index contributed by atoms with van der Waals surface area (Å²) in [5, 5.41) is 10.3. The van der Waals surface area contributed by atoms with E-state index >= 15 is 0 Å². The van der Waals surface area contributed by atoms with Crippen LogP contribution in [0.1, 0.15) is 36.1 Å². The van der Waals surface area contributed by atoms with Crippen molar-refractivity contribution in [1.29, 1.82) is 0 Å². The van der Waals surface area contributed by atoms with E-state index in [1.165, 1.54) is 4.68 Å². The highest BCUT2D eigenvalue weighted by Crippen LogP contribution is 2.44. The Bertz CT molecular complexity index is 1300. The number of nitrogens with zero attached hydrogens (tertiary/aromatic N) is 5. The van der Waals surface area contributed by atoms with E-state index in [0.717, 1.165) is 37.0 Å². The van der Waals surface area contributed by atoms with Gasteiger partial charge in [-0.15, -0.1) is 0 Å². The van der Waals surface area contributed by atoms with Crippen LogP contribution in [0.3, 0.4) is 0 Å². The molecule has 3 aromatic rings. The summed E-state index contributed by atoms with van der Waals surface area (Å²) in [6.45, 7) is 2.22. The molecule has 1 unspecified atom stereocenters. The van der Waals surface area contributed by atoms with Gasteiger partial charge in [0.15, 0.2) is 23.3 Å². The SMILES string of the molecule is COC1(C2C(=O)Nc3c(C)nc(NCc4cnn(Cc5cc(F)c(F)c(F)c5)c4)nc3N2C)CCC1. The number of amides is 1. The fourth-order valence-corrected chi connectivity index (χ4v) is 4.89. The van der Waals surface area contributed by atoms with Gasteiger partial charge in [0.2, 0.25) is 11.9 Å². The number of fused-ring (bicyclic) bond motifs is 1. The number of carbonyl (C=O) groups excluding carboxylic acids is 1. The molecule has 0 saturated heterocycles. The molecule has 2 aliphatic rings. The molecule has 0 spiro atoms. The quantitative estimate of drug-likeness (QED) is 0.479. The number of hydrogen-bond donors (Lipinski definition) is 2. The third-order valence-corrected chi connectivity index (χ3v) is 6.92. The zero-order valence-electron chi connectivity index (χ0n) is 20.1. The molecule has 2 N–H and O–H groups in total. The van der Waals surface area contributed by atoms with Crippen LogP contribution in [-0.4, -0.2) is 51.5 Å². The molecular weight excluding hydrogens is 475 g/mol. The lowest BCUT2D eigenvalue weighted by atomic mass is 9.73. The second-order valence-electron chi connectivity index (χ2n) is 9.23. The van der Waals surface area contributed by atoms with Gasteiger partial charge >= 0.3 is 0 Å². The third kappa shape index (κ3) is 4.15. The topological polar surface area (TPSA) is 97.2 Å². The molecule has 1 saturated carbocycles. The number of carbonyl (C=O) groups is 1. The van der Waals surface area contributed by atoms with Gasteiger partial charge in [0.05, 0.1) is 24.0 Å². The summed E-state index contributed by atoms with van der Waals surface area (Å²) in [4.78, 5) is 23.9. The van der Waals surface area contributed by atoms with E-state index in [1.807, 2.05) is 11.9 Å². The Balaban J connectivity index is 1.30. The van der Waals surface area contributed by atoms with Crippen molar-refractivity contribution in [3.8, 4) is 0 Å². The number of anilines is 3. The van der Waals surface area contributed by atoms with E-state index < -0.39 is 29.1 Å². The largest absolute Gasteiger partial charge is 0.376 e. The van der Waals surface area contributed by atoms with E-state index in [4.69, 9.17) is 4.74 Å². The van der Waals surface area contributed by atoms with Crippen molar-refractivity contribution in [3.63, 3.8) is 0 Å². The second-order valence-corrected chi connectivity index (χ2v) is 9.23. The first kappa shape index (κ1) is 24.0. The van der Waals surface area contributed by atoms with Crippen LogP contribution in [0.2, 0.25) is 0 Å². The van der Waals surface area contributed by atoms with Crippen LogP contribution in [0, 0.1) is 24.4 Å². The Morgan fingerprint density at radius 2 is 1.92 bits per heavy atom. The highest BCUT2D eigenvalue weighted by molar-refractivity contribution is 6.04. The average molecular weight is 502 g/mol. The molecule has 36 heavy (non-hydrogen) atoms. The lowest BCUT2D eigenvalue weighted by molar-refractivity contribution is -0.135. The lowest BCUT2D eigenvalue weighted by Gasteiger charge is -2.50. The smallest absolute Gasteiger partial charge is 0.250 e. The molecule has 1 fully saturated rings. The molecule has 9 nitrogen and oxygen atoms in total. The van der Waals surface area contributed by atoms with E-state index in [1.54, 1.807) is 26.4 Å². The highest BCUT2D eigenvalue weighted by atomic mass is 19.2. The van der Waals surface area contributed by atoms with Gasteiger partial charge in [-0.25, -0.2) is 18.2 Å². The van der Waals surface area contributed by atoms with Gasteiger partial charge in [0, 0.05) is 32.5 Å². The van der Waals surface area contributed by atoms with Crippen LogP contribution >= 0.6 is 0 Å². The molecule has 5 rings (SSSR count). The van der Waals surface area contributed by atoms with Crippen molar-refractivity contribution >= 4 is 23.4 Å². The number of nitrogens with one attached hydrogen (secondary N) is 2. The number of methoxy groups -OCH3 is 1. The molecule has 1 amide bonds. The van der Waals surface area contributed by atoms with Gasteiger partial charge in [0.25, 0.3) is 0 Å². The minimum absolute atomic E-state index is 0.0791. The first-order chi connectivity index (χ1) is 17.2. The maximum absolute atomic E-state index is 13.5. The number of hydrogen-bond acceptors (Lipinski definition) is 7. The zero-order chi connectivity index (χ0) is 25.6. The molecule has 1 atom stereocenters. The number of rotatable bonds is 7. The molecule has 3 heterocycles. The van der Waals surface area contributed by atoms with E-state index in [9.17, 15) is 18.0 Å². The number of halogens is 3. The van der Waals surface area contributed by atoms with Crippen LogP contribution in [-0.2, 0) is 22.6 Å². The van der Waals surface area contributed by atoms with Crippen LogP contribution < -0.4 is 15.5 Å². The van der Waals surface area contributed by atoms with Gasteiger partial charge in [-0.2, -0.15) is 10.1 Å². The van der Waals surface area contributed by atoms with Gasteiger partial charge in [-0.05, 0) is 43.9 Å². The Morgan fingerprint density at radius 1 is 1.19 bits per heavy atom. The Labute approximate surface area is 205 Å². The summed E-state index contributed by atoms with van der Waals surface area (Å²) in [5.41, 5.74) is 1.69. The molecule has 1 aromatic carbocycles. The Kier molecular flexibility index (Phi) is 6.07. The number of aromatic nitrogens is 4. The number of ether oxygens (including phenoxy) is 1. The minimum atomic E-state index is -1.49. The van der Waals surface area contributed by atoms with Crippen molar-refractivity contribution in [1.82, 2.24) is 19.7 Å². The molecule has 1 aliphatic heterocycles. The summed E-state index contributed by atoms with van der Waals surface area (Å²) in [7, 11) is 3.47. The van der Waals surface area contributed by atoms with Gasteiger partial charge < -0.3 is 20.3 Å². The van der Waals surface area contributed by atoms with E-state index in [0.29, 0.717) is 29.7 Å². The number of likely N-dealkylation sites (N-methyl/N-ethyl adjacent to an activating group) is 1. The zero-order valence-corrected chi connectivity index (χ0v) is 20.1. The van der Waals surface area contributed by atoms with Crippen molar-refractivity contribution in [2.45, 2.75) is 50.9 Å². The lowest BCUT2D eigenvalue weighted by Crippen LogP contribution is -2.64. The van der Waals surface area contributed by atoms with Gasteiger partial charge in [0.1, 0.15) is 11.7 Å². The molecule has 2 aromatic heterocycles. The average Bonchev–Trinajstić information content (AvgIpc) is 3.25. The monoisotopic (exact) mass is 501 g/mol.